The maximum Gasteiger partial charge on any atom is 0.376 e. The van der Waals surface area contributed by atoms with Crippen molar-refractivity contribution >= 4 is 11.8 Å². The number of carbonyl (C=O) groups is 1. The number of esters is 1. The summed E-state index contributed by atoms with van der Waals surface area (Å²) < 4.78 is 4.55. The van der Waals surface area contributed by atoms with Crippen LogP contribution in [0.3, 0.4) is 0 Å². The van der Waals surface area contributed by atoms with Crippen LogP contribution in [0.1, 0.15) is 30.4 Å². The van der Waals surface area contributed by atoms with E-state index in [-0.39, 0.29) is 12.4 Å². The molecule has 0 saturated heterocycles. The van der Waals surface area contributed by atoms with Crippen LogP contribution in [0, 0.1) is 5.92 Å². The average Bonchev–Trinajstić information content (AvgIpc) is 2.42. The maximum absolute atomic E-state index is 11.3. The van der Waals surface area contributed by atoms with Crippen molar-refractivity contribution in [1.29, 1.82) is 0 Å². The first-order valence-corrected chi connectivity index (χ1v) is 5.97. The van der Waals surface area contributed by atoms with Crippen LogP contribution in [0.25, 0.3) is 0 Å². The number of rotatable bonds is 7. The number of aliphatic hydroxyl groups is 1. The molecule has 1 unspecified atom stereocenters. The van der Waals surface area contributed by atoms with Crippen LogP contribution in [0.2, 0.25) is 0 Å². The standard InChI is InChI=1S/C12H19N3O3/c1-3-9(5-7-16)8-14-10-4-6-13-11(15-10)12(17)18-2/h4,6,9,16H,3,5,7-8H2,1-2H3,(H,13,14,15). The highest BCUT2D eigenvalue weighted by atomic mass is 16.5. The number of aromatic nitrogens is 2. The molecule has 6 nitrogen and oxygen atoms in total. The highest BCUT2D eigenvalue weighted by Crippen LogP contribution is 2.10. The zero-order valence-electron chi connectivity index (χ0n) is 10.7. The van der Waals surface area contributed by atoms with Gasteiger partial charge in [0.05, 0.1) is 7.11 Å². The number of nitrogens with one attached hydrogen (secondary N) is 1. The maximum atomic E-state index is 11.3. The van der Waals surface area contributed by atoms with Crippen molar-refractivity contribution in [3.05, 3.63) is 18.1 Å². The second-order valence-corrected chi connectivity index (χ2v) is 3.92. The Hall–Kier alpha value is -1.69. The van der Waals surface area contributed by atoms with Crippen molar-refractivity contribution in [2.45, 2.75) is 19.8 Å². The molecule has 6 heteroatoms. The molecule has 1 aromatic rings. The molecule has 0 aromatic carbocycles. The Kier molecular flexibility index (Phi) is 6.07. The largest absolute Gasteiger partial charge is 0.463 e. The Morgan fingerprint density at radius 2 is 2.39 bits per heavy atom. The number of anilines is 1. The van der Waals surface area contributed by atoms with E-state index in [1.807, 2.05) is 0 Å². The zero-order valence-corrected chi connectivity index (χ0v) is 10.7. The zero-order chi connectivity index (χ0) is 13.4. The van der Waals surface area contributed by atoms with E-state index in [2.05, 4.69) is 26.9 Å². The number of hydrogen-bond donors (Lipinski definition) is 2. The van der Waals surface area contributed by atoms with Crippen LogP contribution in [0.15, 0.2) is 12.3 Å². The fraction of sp³-hybridized carbons (Fsp3) is 0.583. The van der Waals surface area contributed by atoms with E-state index in [4.69, 9.17) is 5.11 Å². The fourth-order valence-electron chi connectivity index (χ4n) is 1.53. The van der Waals surface area contributed by atoms with Gasteiger partial charge in [-0.25, -0.2) is 14.8 Å². The topological polar surface area (TPSA) is 84.3 Å². The second-order valence-electron chi connectivity index (χ2n) is 3.92. The molecule has 0 saturated carbocycles. The van der Waals surface area contributed by atoms with Crippen LogP contribution in [-0.2, 0) is 4.74 Å². The van der Waals surface area contributed by atoms with Gasteiger partial charge in [-0.2, -0.15) is 0 Å². The second kappa shape index (κ2) is 7.60. The molecule has 1 atom stereocenters. The molecule has 1 aromatic heterocycles. The Balaban J connectivity index is 2.59. The first-order valence-electron chi connectivity index (χ1n) is 5.97. The lowest BCUT2D eigenvalue weighted by atomic mass is 10.0. The minimum absolute atomic E-state index is 0.0395. The summed E-state index contributed by atoms with van der Waals surface area (Å²) in [5, 5.41) is 12.0. The van der Waals surface area contributed by atoms with Crippen LogP contribution in [0.4, 0.5) is 5.82 Å². The number of nitrogens with zero attached hydrogens (tertiary/aromatic N) is 2. The van der Waals surface area contributed by atoms with E-state index in [1.165, 1.54) is 13.3 Å². The monoisotopic (exact) mass is 253 g/mol. The van der Waals surface area contributed by atoms with Crippen LogP contribution >= 0.6 is 0 Å². The van der Waals surface area contributed by atoms with Crippen molar-refractivity contribution < 1.29 is 14.6 Å². The molecular weight excluding hydrogens is 234 g/mol. The lowest BCUT2D eigenvalue weighted by Crippen LogP contribution is -2.17. The van der Waals surface area contributed by atoms with Gasteiger partial charge in [0.1, 0.15) is 5.82 Å². The van der Waals surface area contributed by atoms with Crippen LogP contribution < -0.4 is 5.32 Å². The first-order chi connectivity index (χ1) is 8.71. The lowest BCUT2D eigenvalue weighted by Gasteiger charge is -2.14. The molecule has 0 aliphatic heterocycles. The van der Waals surface area contributed by atoms with Crippen molar-refractivity contribution in [3.63, 3.8) is 0 Å². The number of carbonyl (C=O) groups excluding carboxylic acids is 1. The molecule has 18 heavy (non-hydrogen) atoms. The van der Waals surface area contributed by atoms with E-state index < -0.39 is 5.97 Å². The molecule has 0 fully saturated rings. The molecule has 0 spiro atoms. The Labute approximate surface area is 106 Å². The van der Waals surface area contributed by atoms with E-state index in [9.17, 15) is 4.79 Å². The van der Waals surface area contributed by atoms with Crippen LogP contribution in [-0.4, -0.2) is 41.3 Å². The van der Waals surface area contributed by atoms with Crippen LogP contribution in [0.5, 0.6) is 0 Å². The van der Waals surface area contributed by atoms with Gasteiger partial charge in [-0.1, -0.05) is 13.3 Å². The van der Waals surface area contributed by atoms with E-state index in [1.54, 1.807) is 6.07 Å². The minimum Gasteiger partial charge on any atom is -0.463 e. The lowest BCUT2D eigenvalue weighted by molar-refractivity contribution is 0.0587. The van der Waals surface area contributed by atoms with Gasteiger partial charge in [0, 0.05) is 19.3 Å². The molecule has 1 heterocycles. The van der Waals surface area contributed by atoms with Crippen molar-refractivity contribution in [1.82, 2.24) is 9.97 Å². The molecular formula is C12H19N3O3. The van der Waals surface area contributed by atoms with Crippen molar-refractivity contribution in [3.8, 4) is 0 Å². The average molecular weight is 253 g/mol. The van der Waals surface area contributed by atoms with Gasteiger partial charge in [0.15, 0.2) is 0 Å². The highest BCUT2D eigenvalue weighted by molar-refractivity contribution is 5.85. The third-order valence-electron chi connectivity index (χ3n) is 2.71. The number of ether oxygens (including phenoxy) is 1. The fourth-order valence-corrected chi connectivity index (χ4v) is 1.53. The predicted molar refractivity (Wildman–Crippen MR) is 67.3 cm³/mol. The Morgan fingerprint density at radius 1 is 1.61 bits per heavy atom. The minimum atomic E-state index is -0.555. The summed E-state index contributed by atoms with van der Waals surface area (Å²) in [5.41, 5.74) is 0. The molecule has 1 rings (SSSR count). The number of methoxy groups -OCH3 is 1. The summed E-state index contributed by atoms with van der Waals surface area (Å²) in [5.74, 6) is 0.451. The summed E-state index contributed by atoms with van der Waals surface area (Å²) in [7, 11) is 1.29. The van der Waals surface area contributed by atoms with E-state index in [0.29, 0.717) is 18.3 Å². The molecule has 0 amide bonds. The van der Waals surface area contributed by atoms with Gasteiger partial charge in [-0.05, 0) is 18.4 Å². The smallest absolute Gasteiger partial charge is 0.376 e. The Bertz CT molecular complexity index is 385. The molecule has 100 valence electrons. The van der Waals surface area contributed by atoms with Crippen molar-refractivity contribution in [2.75, 3.05) is 25.6 Å². The molecule has 2 N–H and O–H groups in total. The summed E-state index contributed by atoms with van der Waals surface area (Å²) >= 11 is 0. The number of aliphatic hydroxyl groups excluding tert-OH is 1. The summed E-state index contributed by atoms with van der Waals surface area (Å²) in [6.45, 7) is 2.95. The summed E-state index contributed by atoms with van der Waals surface area (Å²) in [4.78, 5) is 19.1. The van der Waals surface area contributed by atoms with Gasteiger partial charge in [-0.15, -0.1) is 0 Å². The highest BCUT2D eigenvalue weighted by Gasteiger charge is 2.10. The van der Waals surface area contributed by atoms with E-state index in [0.717, 1.165) is 12.8 Å². The summed E-state index contributed by atoms with van der Waals surface area (Å²) in [6, 6.07) is 1.69. The van der Waals surface area contributed by atoms with Gasteiger partial charge in [-0.3, -0.25) is 0 Å². The quantitative estimate of drug-likeness (QED) is 0.707. The molecule has 0 bridgehead atoms. The third kappa shape index (κ3) is 4.29. The van der Waals surface area contributed by atoms with Gasteiger partial charge in [0.2, 0.25) is 5.82 Å². The molecule has 0 aliphatic rings. The predicted octanol–water partition coefficient (Wildman–Crippen LogP) is 1.08. The normalized spacial score (nSPS) is 11.9. The Morgan fingerprint density at radius 3 is 3.00 bits per heavy atom. The van der Waals surface area contributed by atoms with E-state index >= 15 is 0 Å². The summed E-state index contributed by atoms with van der Waals surface area (Å²) in [6.07, 6.45) is 3.23. The first kappa shape index (κ1) is 14.4. The SMILES string of the molecule is CCC(CCO)CNc1ccnc(C(=O)OC)n1. The van der Waals surface area contributed by atoms with Gasteiger partial charge >= 0.3 is 5.97 Å². The molecule has 0 radical (unpaired) electrons. The van der Waals surface area contributed by atoms with Crippen molar-refractivity contribution in [2.24, 2.45) is 5.92 Å². The molecule has 0 aliphatic carbocycles. The van der Waals surface area contributed by atoms with Gasteiger partial charge < -0.3 is 15.2 Å². The third-order valence-corrected chi connectivity index (χ3v) is 2.71. The van der Waals surface area contributed by atoms with Gasteiger partial charge in [0.25, 0.3) is 0 Å². The number of hydrogen-bond acceptors (Lipinski definition) is 6.